The maximum absolute atomic E-state index is 12.2. The Hall–Kier alpha value is -1.56. The number of hydrogen-bond acceptors (Lipinski definition) is 5. The van der Waals surface area contributed by atoms with E-state index >= 15 is 0 Å². The lowest BCUT2D eigenvalue weighted by molar-refractivity contribution is -0.118. The molecule has 0 aliphatic heterocycles. The van der Waals surface area contributed by atoms with E-state index in [2.05, 4.69) is 20.5 Å². The van der Waals surface area contributed by atoms with Gasteiger partial charge in [-0.3, -0.25) is 10.1 Å². The third kappa shape index (κ3) is 3.50. The molecule has 20 heavy (non-hydrogen) atoms. The fourth-order valence-corrected chi connectivity index (χ4v) is 2.77. The van der Waals surface area contributed by atoms with Crippen LogP contribution < -0.4 is 11.1 Å². The van der Waals surface area contributed by atoms with Crippen molar-refractivity contribution in [2.24, 2.45) is 11.1 Å². The standard InChI is InChI=1S/C14H23N5O/c1-10-11(2)18-19-13(16-10)17-12(20)8-14(9-15)6-4-3-5-7-14/h3-9,15H2,1-2H3,(H,16,17,19,20). The number of amides is 1. The number of aryl methyl sites for hydroxylation is 2. The summed E-state index contributed by atoms with van der Waals surface area (Å²) in [5.74, 6) is 0.212. The molecule has 6 heteroatoms. The third-order valence-corrected chi connectivity index (χ3v) is 4.23. The molecule has 1 saturated carbocycles. The summed E-state index contributed by atoms with van der Waals surface area (Å²) < 4.78 is 0. The van der Waals surface area contributed by atoms with E-state index in [4.69, 9.17) is 5.73 Å². The van der Waals surface area contributed by atoms with Crippen molar-refractivity contribution < 1.29 is 4.79 Å². The van der Waals surface area contributed by atoms with Gasteiger partial charge in [-0.15, -0.1) is 5.10 Å². The largest absolute Gasteiger partial charge is 0.330 e. The Bertz CT molecular complexity index is 482. The van der Waals surface area contributed by atoms with Crippen molar-refractivity contribution in [3.05, 3.63) is 11.4 Å². The van der Waals surface area contributed by atoms with Gasteiger partial charge in [0.1, 0.15) is 0 Å². The van der Waals surface area contributed by atoms with Gasteiger partial charge in [0.2, 0.25) is 11.9 Å². The molecule has 0 radical (unpaired) electrons. The van der Waals surface area contributed by atoms with Crippen molar-refractivity contribution in [3.63, 3.8) is 0 Å². The molecule has 1 aliphatic carbocycles. The van der Waals surface area contributed by atoms with Gasteiger partial charge in [-0.05, 0) is 38.6 Å². The van der Waals surface area contributed by atoms with Gasteiger partial charge in [-0.1, -0.05) is 19.3 Å². The summed E-state index contributed by atoms with van der Waals surface area (Å²) in [7, 11) is 0. The Balaban J connectivity index is 1.98. The van der Waals surface area contributed by atoms with Crippen molar-refractivity contribution in [2.75, 3.05) is 11.9 Å². The molecule has 1 aliphatic rings. The molecular weight excluding hydrogens is 254 g/mol. The van der Waals surface area contributed by atoms with Crippen LogP contribution in [0.2, 0.25) is 0 Å². The molecule has 0 spiro atoms. The van der Waals surface area contributed by atoms with Crippen LogP contribution in [0.1, 0.15) is 49.9 Å². The van der Waals surface area contributed by atoms with Gasteiger partial charge in [0.05, 0.1) is 11.4 Å². The number of rotatable bonds is 4. The van der Waals surface area contributed by atoms with Crippen molar-refractivity contribution in [1.82, 2.24) is 15.2 Å². The lowest BCUT2D eigenvalue weighted by Gasteiger charge is -2.35. The van der Waals surface area contributed by atoms with Crippen molar-refractivity contribution >= 4 is 11.9 Å². The molecular formula is C14H23N5O. The lowest BCUT2D eigenvalue weighted by Crippen LogP contribution is -2.36. The molecule has 1 heterocycles. The summed E-state index contributed by atoms with van der Waals surface area (Å²) in [4.78, 5) is 16.4. The quantitative estimate of drug-likeness (QED) is 0.874. The predicted molar refractivity (Wildman–Crippen MR) is 77.1 cm³/mol. The van der Waals surface area contributed by atoms with Crippen LogP contribution in [0, 0.1) is 19.3 Å². The Morgan fingerprint density at radius 1 is 1.20 bits per heavy atom. The fourth-order valence-electron chi connectivity index (χ4n) is 2.77. The summed E-state index contributed by atoms with van der Waals surface area (Å²) >= 11 is 0. The first kappa shape index (κ1) is 14.8. The third-order valence-electron chi connectivity index (χ3n) is 4.23. The van der Waals surface area contributed by atoms with Crippen LogP contribution in [0.4, 0.5) is 5.95 Å². The number of anilines is 1. The minimum absolute atomic E-state index is 0.0461. The molecule has 0 atom stereocenters. The second-order valence-electron chi connectivity index (χ2n) is 5.80. The number of nitrogens with one attached hydrogen (secondary N) is 1. The monoisotopic (exact) mass is 277 g/mol. The van der Waals surface area contributed by atoms with Gasteiger partial charge >= 0.3 is 0 Å². The van der Waals surface area contributed by atoms with E-state index in [9.17, 15) is 4.79 Å². The maximum Gasteiger partial charge on any atom is 0.249 e. The number of carbonyl (C=O) groups excluding carboxylic acids is 1. The summed E-state index contributed by atoms with van der Waals surface area (Å²) in [6.45, 7) is 4.25. The van der Waals surface area contributed by atoms with Gasteiger partial charge in [0.15, 0.2) is 0 Å². The zero-order chi connectivity index (χ0) is 14.6. The normalized spacial score (nSPS) is 17.8. The second-order valence-corrected chi connectivity index (χ2v) is 5.80. The zero-order valence-corrected chi connectivity index (χ0v) is 12.3. The SMILES string of the molecule is Cc1nnc(NC(=O)CC2(CN)CCCCC2)nc1C. The van der Waals surface area contributed by atoms with Crippen molar-refractivity contribution in [3.8, 4) is 0 Å². The molecule has 110 valence electrons. The summed E-state index contributed by atoms with van der Waals surface area (Å²) in [5.41, 5.74) is 7.41. The van der Waals surface area contributed by atoms with Crippen LogP contribution in [-0.4, -0.2) is 27.6 Å². The molecule has 1 aromatic rings. The molecule has 1 amide bonds. The minimum Gasteiger partial charge on any atom is -0.330 e. The lowest BCUT2D eigenvalue weighted by atomic mass is 9.72. The average molecular weight is 277 g/mol. The van der Waals surface area contributed by atoms with E-state index in [1.807, 2.05) is 13.8 Å². The number of hydrogen-bond donors (Lipinski definition) is 2. The average Bonchev–Trinajstić information content (AvgIpc) is 2.44. The minimum atomic E-state index is -0.0672. The summed E-state index contributed by atoms with van der Waals surface area (Å²) in [6, 6.07) is 0. The first-order chi connectivity index (χ1) is 9.54. The maximum atomic E-state index is 12.2. The van der Waals surface area contributed by atoms with E-state index < -0.39 is 0 Å². The van der Waals surface area contributed by atoms with Gasteiger partial charge in [-0.2, -0.15) is 5.10 Å². The molecule has 6 nitrogen and oxygen atoms in total. The molecule has 1 aromatic heterocycles. The highest BCUT2D eigenvalue weighted by atomic mass is 16.1. The van der Waals surface area contributed by atoms with Gasteiger partial charge < -0.3 is 5.73 Å². The highest BCUT2D eigenvalue weighted by molar-refractivity contribution is 5.89. The van der Waals surface area contributed by atoms with Gasteiger partial charge in [0.25, 0.3) is 0 Å². The first-order valence-corrected chi connectivity index (χ1v) is 7.22. The van der Waals surface area contributed by atoms with Crippen LogP contribution in [0.3, 0.4) is 0 Å². The number of nitrogens with zero attached hydrogens (tertiary/aromatic N) is 3. The van der Waals surface area contributed by atoms with E-state index in [1.165, 1.54) is 6.42 Å². The Labute approximate surface area is 119 Å². The van der Waals surface area contributed by atoms with Crippen LogP contribution in [0.15, 0.2) is 0 Å². The first-order valence-electron chi connectivity index (χ1n) is 7.22. The Kier molecular flexibility index (Phi) is 4.65. The molecule has 2 rings (SSSR count). The van der Waals surface area contributed by atoms with Crippen molar-refractivity contribution in [1.29, 1.82) is 0 Å². The van der Waals surface area contributed by atoms with Crippen LogP contribution in [0.25, 0.3) is 0 Å². The van der Waals surface area contributed by atoms with Crippen LogP contribution in [0.5, 0.6) is 0 Å². The number of carbonyl (C=O) groups is 1. The number of nitrogens with two attached hydrogens (primary N) is 1. The predicted octanol–water partition coefficient (Wildman–Crippen LogP) is 1.73. The van der Waals surface area contributed by atoms with E-state index in [0.717, 1.165) is 37.1 Å². The van der Waals surface area contributed by atoms with Gasteiger partial charge in [0, 0.05) is 6.42 Å². The molecule has 0 bridgehead atoms. The second kappa shape index (κ2) is 6.26. The number of aromatic nitrogens is 3. The van der Waals surface area contributed by atoms with Crippen LogP contribution in [-0.2, 0) is 4.79 Å². The molecule has 0 saturated heterocycles. The van der Waals surface area contributed by atoms with E-state index in [-0.39, 0.29) is 17.3 Å². The Morgan fingerprint density at radius 2 is 1.90 bits per heavy atom. The highest BCUT2D eigenvalue weighted by Crippen LogP contribution is 2.38. The van der Waals surface area contributed by atoms with Crippen molar-refractivity contribution in [2.45, 2.75) is 52.4 Å². The fraction of sp³-hybridized carbons (Fsp3) is 0.714. The molecule has 0 aromatic carbocycles. The smallest absolute Gasteiger partial charge is 0.249 e. The highest BCUT2D eigenvalue weighted by Gasteiger charge is 2.33. The summed E-state index contributed by atoms with van der Waals surface area (Å²) in [5, 5.41) is 10.6. The van der Waals surface area contributed by atoms with Gasteiger partial charge in [-0.25, -0.2) is 4.98 Å². The zero-order valence-electron chi connectivity index (χ0n) is 12.3. The Morgan fingerprint density at radius 3 is 2.50 bits per heavy atom. The molecule has 1 fully saturated rings. The topological polar surface area (TPSA) is 93.8 Å². The summed E-state index contributed by atoms with van der Waals surface area (Å²) in [6.07, 6.45) is 6.07. The van der Waals surface area contributed by atoms with E-state index in [0.29, 0.717) is 13.0 Å². The molecule has 0 unspecified atom stereocenters. The van der Waals surface area contributed by atoms with Crippen LogP contribution >= 0.6 is 0 Å². The molecule has 3 N–H and O–H groups in total. The van der Waals surface area contributed by atoms with E-state index in [1.54, 1.807) is 0 Å².